The van der Waals surface area contributed by atoms with Crippen molar-refractivity contribution in [3.05, 3.63) is 54.9 Å². The molecule has 0 amide bonds. The third-order valence-corrected chi connectivity index (χ3v) is 3.41. The van der Waals surface area contributed by atoms with Gasteiger partial charge in [-0.05, 0) is 28.1 Å². The van der Waals surface area contributed by atoms with Crippen LogP contribution in [0.25, 0.3) is 10.9 Å². The molecule has 0 radical (unpaired) electrons. The highest BCUT2D eigenvalue weighted by Crippen LogP contribution is 2.11. The molecule has 0 aliphatic heterocycles. The van der Waals surface area contributed by atoms with Crippen LogP contribution in [0.2, 0.25) is 0 Å². The largest absolute Gasteiger partial charge is 0.480 e. The number of hydrogen-bond donors (Lipinski definition) is 2. The van der Waals surface area contributed by atoms with Crippen LogP contribution >= 0.6 is 15.9 Å². The van der Waals surface area contributed by atoms with Crippen LogP contribution in [0.15, 0.2) is 38.5 Å². The van der Waals surface area contributed by atoms with E-state index in [1.54, 1.807) is 0 Å². The average Bonchev–Trinajstić information content (AvgIpc) is 2.53. The summed E-state index contributed by atoms with van der Waals surface area (Å²) in [5, 5.41) is 17.8. The minimum absolute atomic E-state index is 0.138. The topological polar surface area (TPSA) is 114 Å². The maximum Gasteiger partial charge on any atom is 0.341 e. The molecule has 2 aromatic rings. The Hall–Kier alpha value is -2.48. The first-order valence-electron chi connectivity index (χ1n) is 5.64. The van der Waals surface area contributed by atoms with Crippen molar-refractivity contribution >= 4 is 38.8 Å². The first-order chi connectivity index (χ1) is 9.82. The van der Waals surface area contributed by atoms with E-state index < -0.39 is 34.9 Å². The SMILES string of the molecule is O=C(O)Cn1cc(C(=O)O)c(=O)c2cccc(Br)c(=O)c21. The summed E-state index contributed by atoms with van der Waals surface area (Å²) in [6.07, 6.45) is 0.870. The third kappa shape index (κ3) is 2.70. The minimum Gasteiger partial charge on any atom is -0.480 e. The summed E-state index contributed by atoms with van der Waals surface area (Å²) >= 11 is 3.03. The molecule has 7 nitrogen and oxygen atoms in total. The Bertz CT molecular complexity index is 886. The number of aromatic nitrogens is 1. The number of aliphatic carboxylic acids is 1. The van der Waals surface area contributed by atoms with Crippen LogP contribution in [-0.2, 0) is 11.3 Å². The van der Waals surface area contributed by atoms with Crippen molar-refractivity contribution in [1.82, 2.24) is 4.57 Å². The zero-order valence-corrected chi connectivity index (χ0v) is 12.0. The summed E-state index contributed by atoms with van der Waals surface area (Å²) in [4.78, 5) is 46.3. The predicted octanol–water partition coefficient (Wildman–Crippen LogP) is 0.907. The molecule has 0 aliphatic rings. The number of carbonyl (C=O) groups is 2. The van der Waals surface area contributed by atoms with Gasteiger partial charge in [-0.1, -0.05) is 6.07 Å². The van der Waals surface area contributed by atoms with Crippen molar-refractivity contribution in [2.75, 3.05) is 0 Å². The summed E-state index contributed by atoms with van der Waals surface area (Å²) in [7, 11) is 0. The van der Waals surface area contributed by atoms with Gasteiger partial charge in [-0.15, -0.1) is 0 Å². The summed E-state index contributed by atoms with van der Waals surface area (Å²) in [5.74, 6) is -2.75. The molecule has 1 aromatic heterocycles. The van der Waals surface area contributed by atoms with E-state index in [9.17, 15) is 19.2 Å². The molecule has 2 N–H and O–H groups in total. The molecule has 2 rings (SSSR count). The molecule has 0 atom stereocenters. The molecule has 1 heterocycles. The second kappa shape index (κ2) is 5.49. The minimum atomic E-state index is -1.49. The Morgan fingerprint density at radius 2 is 1.81 bits per heavy atom. The molecule has 1 aromatic carbocycles. The fraction of sp³-hybridized carbons (Fsp3) is 0.0769. The predicted molar refractivity (Wildman–Crippen MR) is 76.8 cm³/mol. The van der Waals surface area contributed by atoms with Crippen molar-refractivity contribution in [3.63, 3.8) is 0 Å². The number of aromatic carboxylic acids is 1. The Balaban J connectivity index is 3.09. The van der Waals surface area contributed by atoms with Crippen LogP contribution in [0.5, 0.6) is 0 Å². The van der Waals surface area contributed by atoms with Crippen LogP contribution in [0.3, 0.4) is 0 Å². The Morgan fingerprint density at radius 1 is 1.14 bits per heavy atom. The standard InChI is InChI=1S/C13H8BrNO6/c14-8-3-1-2-6-10(12(8)19)15(5-9(16)17)4-7(11(6)18)13(20)21/h1-4H,5H2,(H,16,17)(H,20,21). The van der Waals surface area contributed by atoms with Gasteiger partial charge >= 0.3 is 11.9 Å². The van der Waals surface area contributed by atoms with Crippen LogP contribution in [-0.4, -0.2) is 26.7 Å². The van der Waals surface area contributed by atoms with E-state index in [4.69, 9.17) is 10.2 Å². The highest BCUT2D eigenvalue weighted by molar-refractivity contribution is 9.10. The van der Waals surface area contributed by atoms with Crippen molar-refractivity contribution in [2.45, 2.75) is 6.54 Å². The van der Waals surface area contributed by atoms with Crippen LogP contribution in [0.4, 0.5) is 0 Å². The fourth-order valence-electron chi connectivity index (χ4n) is 1.93. The van der Waals surface area contributed by atoms with Crippen molar-refractivity contribution in [3.8, 4) is 0 Å². The zero-order valence-electron chi connectivity index (χ0n) is 10.4. The number of pyridine rings is 1. The van der Waals surface area contributed by atoms with Crippen LogP contribution in [0.1, 0.15) is 10.4 Å². The summed E-state index contributed by atoms with van der Waals surface area (Å²) in [5.41, 5.74) is -2.18. The molecule has 0 saturated carbocycles. The lowest BCUT2D eigenvalue weighted by Gasteiger charge is -2.07. The van der Waals surface area contributed by atoms with Gasteiger partial charge in [0.2, 0.25) is 10.9 Å². The molecule has 0 bridgehead atoms. The van der Waals surface area contributed by atoms with Crippen molar-refractivity contribution in [2.24, 2.45) is 0 Å². The number of fused-ring (bicyclic) bond motifs is 1. The number of halogens is 1. The third-order valence-electron chi connectivity index (χ3n) is 2.79. The van der Waals surface area contributed by atoms with Gasteiger partial charge < -0.3 is 14.8 Å². The molecule has 0 fully saturated rings. The van der Waals surface area contributed by atoms with Gasteiger partial charge in [0.25, 0.3) is 0 Å². The second-order valence-electron chi connectivity index (χ2n) is 4.16. The second-order valence-corrected chi connectivity index (χ2v) is 5.02. The summed E-state index contributed by atoms with van der Waals surface area (Å²) < 4.78 is 1.09. The lowest BCUT2D eigenvalue weighted by Crippen LogP contribution is -2.23. The number of nitrogens with zero attached hydrogens (tertiary/aromatic N) is 1. The van der Waals surface area contributed by atoms with Crippen LogP contribution < -0.4 is 10.9 Å². The highest BCUT2D eigenvalue weighted by Gasteiger charge is 2.17. The van der Waals surface area contributed by atoms with Crippen LogP contribution in [0, 0.1) is 0 Å². The molecular formula is C13H8BrNO6. The maximum absolute atomic E-state index is 12.2. The molecule has 21 heavy (non-hydrogen) atoms. The van der Waals surface area contributed by atoms with E-state index in [1.165, 1.54) is 18.2 Å². The molecular weight excluding hydrogens is 346 g/mol. The monoisotopic (exact) mass is 353 g/mol. The highest BCUT2D eigenvalue weighted by atomic mass is 79.9. The van der Waals surface area contributed by atoms with Gasteiger partial charge in [-0.2, -0.15) is 0 Å². The number of rotatable bonds is 3. The van der Waals surface area contributed by atoms with Gasteiger partial charge in [0, 0.05) is 6.20 Å². The number of carboxylic acid groups (broad SMARTS) is 2. The lowest BCUT2D eigenvalue weighted by atomic mass is 10.2. The molecule has 0 saturated heterocycles. The smallest absolute Gasteiger partial charge is 0.341 e. The summed E-state index contributed by atoms with van der Waals surface area (Å²) in [6.45, 7) is -0.636. The number of carboxylic acids is 2. The molecule has 0 unspecified atom stereocenters. The Labute approximate surface area is 125 Å². The van der Waals surface area contributed by atoms with Crippen molar-refractivity contribution < 1.29 is 19.8 Å². The zero-order chi connectivity index (χ0) is 15.7. The molecule has 108 valence electrons. The quantitative estimate of drug-likeness (QED) is 0.847. The van der Waals surface area contributed by atoms with E-state index in [1.807, 2.05) is 0 Å². The molecule has 8 heteroatoms. The van der Waals surface area contributed by atoms with E-state index >= 15 is 0 Å². The van der Waals surface area contributed by atoms with Gasteiger partial charge in [0.15, 0.2) is 0 Å². The van der Waals surface area contributed by atoms with Gasteiger partial charge in [0.05, 0.1) is 9.86 Å². The van der Waals surface area contributed by atoms with Gasteiger partial charge in [-0.25, -0.2) is 4.79 Å². The van der Waals surface area contributed by atoms with E-state index in [0.29, 0.717) is 0 Å². The normalized spacial score (nSPS) is 10.5. The molecule has 0 spiro atoms. The lowest BCUT2D eigenvalue weighted by molar-refractivity contribution is -0.137. The van der Waals surface area contributed by atoms with Crippen molar-refractivity contribution in [1.29, 1.82) is 0 Å². The Morgan fingerprint density at radius 3 is 2.38 bits per heavy atom. The number of hydrogen-bond acceptors (Lipinski definition) is 4. The van der Waals surface area contributed by atoms with E-state index in [0.717, 1.165) is 10.8 Å². The van der Waals surface area contributed by atoms with E-state index in [2.05, 4.69) is 15.9 Å². The van der Waals surface area contributed by atoms with Gasteiger partial charge in [-0.3, -0.25) is 14.4 Å². The Kier molecular flexibility index (Phi) is 3.90. The summed E-state index contributed by atoms with van der Waals surface area (Å²) in [6, 6.07) is 4.09. The fourth-order valence-corrected chi connectivity index (χ4v) is 2.27. The van der Waals surface area contributed by atoms with Gasteiger partial charge in [0.1, 0.15) is 17.6 Å². The first kappa shape index (κ1) is 14.9. The average molecular weight is 354 g/mol. The van der Waals surface area contributed by atoms with E-state index in [-0.39, 0.29) is 15.4 Å². The maximum atomic E-state index is 12.2. The molecule has 0 aliphatic carbocycles. The first-order valence-corrected chi connectivity index (χ1v) is 6.43.